The van der Waals surface area contributed by atoms with Gasteiger partial charge in [0.05, 0.1) is 12.7 Å². The van der Waals surface area contributed by atoms with Crippen molar-refractivity contribution in [2.45, 2.75) is 18.4 Å². The zero-order valence-electron chi connectivity index (χ0n) is 7.75. The normalized spacial score (nSPS) is 26.7. The molecule has 1 fully saturated rings. The van der Waals surface area contributed by atoms with Gasteiger partial charge in [-0.3, -0.25) is 0 Å². The van der Waals surface area contributed by atoms with E-state index in [-0.39, 0.29) is 5.82 Å². The third kappa shape index (κ3) is 2.15. The molecular formula is C11H12BrFO. The number of alkyl halides is 1. The molecule has 1 aromatic rings. The van der Waals surface area contributed by atoms with Crippen LogP contribution >= 0.6 is 15.9 Å². The summed E-state index contributed by atoms with van der Waals surface area (Å²) in [5.41, 5.74) is 1.18. The molecule has 0 bridgehead atoms. The fourth-order valence-electron chi connectivity index (χ4n) is 1.78. The van der Waals surface area contributed by atoms with Crippen LogP contribution in [0.5, 0.6) is 0 Å². The lowest BCUT2D eigenvalue weighted by Crippen LogP contribution is -2.05. The summed E-state index contributed by atoms with van der Waals surface area (Å²) in [6, 6.07) is 6.72. The molecule has 1 saturated heterocycles. The molecule has 0 radical (unpaired) electrons. The van der Waals surface area contributed by atoms with Gasteiger partial charge in [0, 0.05) is 11.2 Å². The first-order chi connectivity index (χ1) is 6.79. The minimum absolute atomic E-state index is 0.176. The van der Waals surface area contributed by atoms with Gasteiger partial charge < -0.3 is 4.74 Å². The standard InChI is InChI=1S/C11H12BrFO/c12-6-11-5-9(7-14-11)8-1-3-10(13)4-2-8/h1-4,9,11H,5-7H2/t9-,11-/m0/s1. The molecule has 0 amide bonds. The van der Waals surface area contributed by atoms with Crippen molar-refractivity contribution >= 4 is 15.9 Å². The lowest BCUT2D eigenvalue weighted by molar-refractivity contribution is 0.127. The maximum absolute atomic E-state index is 12.7. The molecule has 0 unspecified atom stereocenters. The molecule has 1 aliphatic heterocycles. The SMILES string of the molecule is Fc1ccc([C@@H]2CO[C@H](CBr)C2)cc1. The van der Waals surface area contributed by atoms with E-state index in [9.17, 15) is 4.39 Å². The Morgan fingerprint density at radius 1 is 1.36 bits per heavy atom. The van der Waals surface area contributed by atoms with E-state index in [0.717, 1.165) is 18.4 Å². The van der Waals surface area contributed by atoms with E-state index in [0.29, 0.717) is 12.0 Å². The molecule has 1 aliphatic rings. The van der Waals surface area contributed by atoms with Crippen molar-refractivity contribution in [1.82, 2.24) is 0 Å². The van der Waals surface area contributed by atoms with Crippen LogP contribution in [-0.2, 0) is 4.74 Å². The quantitative estimate of drug-likeness (QED) is 0.741. The maximum Gasteiger partial charge on any atom is 0.123 e. The van der Waals surface area contributed by atoms with Gasteiger partial charge >= 0.3 is 0 Å². The molecule has 1 aromatic carbocycles. The molecule has 0 spiro atoms. The first-order valence-corrected chi connectivity index (χ1v) is 5.85. The Balaban J connectivity index is 2.06. The Morgan fingerprint density at radius 2 is 2.07 bits per heavy atom. The van der Waals surface area contributed by atoms with Crippen molar-refractivity contribution < 1.29 is 9.13 Å². The van der Waals surface area contributed by atoms with Gasteiger partial charge in [0.15, 0.2) is 0 Å². The molecule has 0 saturated carbocycles. The lowest BCUT2D eigenvalue weighted by atomic mass is 9.97. The van der Waals surface area contributed by atoms with E-state index >= 15 is 0 Å². The Bertz CT molecular complexity index is 299. The van der Waals surface area contributed by atoms with Crippen LogP contribution in [0, 0.1) is 5.82 Å². The largest absolute Gasteiger partial charge is 0.377 e. The van der Waals surface area contributed by atoms with Crippen molar-refractivity contribution in [2.24, 2.45) is 0 Å². The van der Waals surface area contributed by atoms with Crippen molar-refractivity contribution in [1.29, 1.82) is 0 Å². The summed E-state index contributed by atoms with van der Waals surface area (Å²) in [5, 5.41) is 0.880. The van der Waals surface area contributed by atoms with Crippen LogP contribution in [0.2, 0.25) is 0 Å². The Hall–Kier alpha value is -0.410. The van der Waals surface area contributed by atoms with E-state index in [2.05, 4.69) is 15.9 Å². The zero-order valence-corrected chi connectivity index (χ0v) is 9.34. The van der Waals surface area contributed by atoms with Gasteiger partial charge in [0.1, 0.15) is 5.82 Å². The predicted octanol–water partition coefficient (Wildman–Crippen LogP) is 3.09. The lowest BCUT2D eigenvalue weighted by Gasteiger charge is -2.07. The molecule has 1 nitrogen and oxygen atoms in total. The smallest absolute Gasteiger partial charge is 0.123 e. The summed E-state index contributed by atoms with van der Waals surface area (Å²) in [7, 11) is 0. The highest BCUT2D eigenvalue weighted by molar-refractivity contribution is 9.09. The molecule has 2 atom stereocenters. The Labute approximate surface area is 91.4 Å². The van der Waals surface area contributed by atoms with Gasteiger partial charge in [-0.25, -0.2) is 4.39 Å². The summed E-state index contributed by atoms with van der Waals surface area (Å²) < 4.78 is 18.2. The monoisotopic (exact) mass is 258 g/mol. The summed E-state index contributed by atoms with van der Waals surface area (Å²) in [5.74, 6) is 0.253. The van der Waals surface area contributed by atoms with Gasteiger partial charge in [-0.2, -0.15) is 0 Å². The van der Waals surface area contributed by atoms with Crippen LogP contribution in [0.1, 0.15) is 17.9 Å². The highest BCUT2D eigenvalue weighted by Crippen LogP contribution is 2.30. The van der Waals surface area contributed by atoms with Crippen molar-refractivity contribution in [2.75, 3.05) is 11.9 Å². The Morgan fingerprint density at radius 3 is 2.64 bits per heavy atom. The molecule has 76 valence electrons. The van der Waals surface area contributed by atoms with Gasteiger partial charge in [-0.1, -0.05) is 28.1 Å². The molecule has 2 rings (SSSR count). The van der Waals surface area contributed by atoms with Crippen LogP contribution in [0.3, 0.4) is 0 Å². The van der Waals surface area contributed by atoms with Crippen LogP contribution in [0.4, 0.5) is 4.39 Å². The molecule has 1 heterocycles. The molecule has 0 aromatic heterocycles. The van der Waals surface area contributed by atoms with Crippen LogP contribution in [0.15, 0.2) is 24.3 Å². The van der Waals surface area contributed by atoms with Crippen LogP contribution in [0.25, 0.3) is 0 Å². The zero-order chi connectivity index (χ0) is 9.97. The minimum atomic E-state index is -0.176. The fourth-order valence-corrected chi connectivity index (χ4v) is 2.23. The summed E-state index contributed by atoms with van der Waals surface area (Å²) in [6.07, 6.45) is 1.33. The molecular weight excluding hydrogens is 247 g/mol. The maximum atomic E-state index is 12.7. The summed E-state index contributed by atoms with van der Waals surface area (Å²) in [6.45, 7) is 0.752. The van der Waals surface area contributed by atoms with E-state index in [1.165, 1.54) is 17.7 Å². The predicted molar refractivity (Wildman–Crippen MR) is 57.3 cm³/mol. The minimum Gasteiger partial charge on any atom is -0.377 e. The topological polar surface area (TPSA) is 9.23 Å². The van der Waals surface area contributed by atoms with E-state index in [1.807, 2.05) is 12.1 Å². The second kappa shape index (κ2) is 4.41. The second-order valence-electron chi connectivity index (χ2n) is 3.59. The first kappa shape index (κ1) is 10.1. The first-order valence-electron chi connectivity index (χ1n) is 4.72. The van der Waals surface area contributed by atoms with Crippen molar-refractivity contribution in [3.05, 3.63) is 35.6 Å². The molecule has 0 N–H and O–H groups in total. The van der Waals surface area contributed by atoms with Gasteiger partial charge in [-0.15, -0.1) is 0 Å². The highest BCUT2D eigenvalue weighted by atomic mass is 79.9. The number of benzene rings is 1. The average molecular weight is 259 g/mol. The fraction of sp³-hybridized carbons (Fsp3) is 0.455. The molecule has 14 heavy (non-hydrogen) atoms. The number of ether oxygens (including phenoxy) is 1. The van der Waals surface area contributed by atoms with E-state index in [4.69, 9.17) is 4.74 Å². The second-order valence-corrected chi connectivity index (χ2v) is 4.24. The van der Waals surface area contributed by atoms with E-state index in [1.54, 1.807) is 0 Å². The average Bonchev–Trinajstić information content (AvgIpc) is 2.67. The Kier molecular flexibility index (Phi) is 3.19. The summed E-state index contributed by atoms with van der Waals surface area (Å²) in [4.78, 5) is 0. The van der Waals surface area contributed by atoms with E-state index < -0.39 is 0 Å². The number of hydrogen-bond acceptors (Lipinski definition) is 1. The highest BCUT2D eigenvalue weighted by Gasteiger charge is 2.25. The van der Waals surface area contributed by atoms with Gasteiger partial charge in [-0.05, 0) is 24.1 Å². The van der Waals surface area contributed by atoms with Crippen LogP contribution < -0.4 is 0 Å². The third-order valence-electron chi connectivity index (χ3n) is 2.59. The van der Waals surface area contributed by atoms with Gasteiger partial charge in [0.25, 0.3) is 0 Å². The number of hydrogen-bond donors (Lipinski definition) is 0. The van der Waals surface area contributed by atoms with Crippen molar-refractivity contribution in [3.63, 3.8) is 0 Å². The van der Waals surface area contributed by atoms with Crippen molar-refractivity contribution in [3.8, 4) is 0 Å². The molecule has 3 heteroatoms. The number of rotatable bonds is 2. The third-order valence-corrected chi connectivity index (χ3v) is 3.32. The van der Waals surface area contributed by atoms with Crippen LogP contribution in [-0.4, -0.2) is 18.0 Å². The van der Waals surface area contributed by atoms with Gasteiger partial charge in [0.2, 0.25) is 0 Å². The number of halogens is 2. The molecule has 0 aliphatic carbocycles. The summed E-state index contributed by atoms with van der Waals surface area (Å²) >= 11 is 3.40.